The van der Waals surface area contributed by atoms with Gasteiger partial charge in [-0.05, 0) is 23.6 Å². The molecular weight excluding hydrogens is 284 g/mol. The minimum absolute atomic E-state index is 0.206. The number of carbonyl (C=O) groups is 1. The molecule has 0 unspecified atom stereocenters. The number of nitrogens with zero attached hydrogens (tertiary/aromatic N) is 1. The molecule has 0 aliphatic carbocycles. The summed E-state index contributed by atoms with van der Waals surface area (Å²) in [5, 5.41) is 6.13. The van der Waals surface area contributed by atoms with Gasteiger partial charge in [-0.25, -0.2) is 4.98 Å². The fourth-order valence-electron chi connectivity index (χ4n) is 1.91. The highest BCUT2D eigenvalue weighted by Crippen LogP contribution is 2.24. The van der Waals surface area contributed by atoms with Gasteiger partial charge in [-0.3, -0.25) is 4.79 Å². The summed E-state index contributed by atoms with van der Waals surface area (Å²) in [4.78, 5) is 15.6. The predicted molar refractivity (Wildman–Crippen MR) is 86.3 cm³/mol. The van der Waals surface area contributed by atoms with Crippen LogP contribution in [-0.4, -0.2) is 18.1 Å². The first-order valence-electron chi connectivity index (χ1n) is 6.96. The van der Waals surface area contributed by atoms with Gasteiger partial charge in [-0.2, -0.15) is 0 Å². The second-order valence-corrected chi connectivity index (χ2v) is 5.98. The van der Waals surface area contributed by atoms with Gasteiger partial charge in [0, 0.05) is 17.5 Å². The van der Waals surface area contributed by atoms with Crippen LogP contribution in [0.2, 0.25) is 0 Å². The summed E-state index contributed by atoms with van der Waals surface area (Å²) in [6.45, 7) is 4.35. The number of benzene rings is 1. The van der Waals surface area contributed by atoms with Crippen LogP contribution in [0.15, 0.2) is 29.6 Å². The van der Waals surface area contributed by atoms with E-state index in [1.807, 2.05) is 17.5 Å². The van der Waals surface area contributed by atoms with Crippen LogP contribution in [-0.2, 0) is 16.0 Å². The number of ether oxygens (including phenoxy) is 1. The van der Waals surface area contributed by atoms with E-state index >= 15 is 0 Å². The van der Waals surface area contributed by atoms with Crippen LogP contribution in [0.1, 0.15) is 37.4 Å². The molecule has 1 aromatic heterocycles. The quantitative estimate of drug-likeness (QED) is 0.816. The van der Waals surface area contributed by atoms with E-state index in [0.29, 0.717) is 18.8 Å². The average molecular weight is 304 g/mol. The molecule has 0 saturated carbocycles. The number of carbonyl (C=O) groups excluding carboxylic acids is 1. The van der Waals surface area contributed by atoms with Crippen LogP contribution in [0.5, 0.6) is 0 Å². The summed E-state index contributed by atoms with van der Waals surface area (Å²) in [6, 6.07) is 8.34. The summed E-state index contributed by atoms with van der Waals surface area (Å²) in [5.41, 5.74) is 3.24. The van der Waals surface area contributed by atoms with Crippen LogP contribution in [0.4, 0.5) is 10.8 Å². The average Bonchev–Trinajstić information content (AvgIpc) is 2.92. The Morgan fingerprint density at radius 3 is 2.95 bits per heavy atom. The molecule has 2 aromatic rings. The molecule has 1 heterocycles. The Morgan fingerprint density at radius 1 is 1.43 bits per heavy atom. The van der Waals surface area contributed by atoms with Gasteiger partial charge in [0.25, 0.3) is 0 Å². The maximum absolute atomic E-state index is 11.1. The zero-order chi connectivity index (χ0) is 15.2. The number of hydrogen-bond donors (Lipinski definition) is 1. The van der Waals surface area contributed by atoms with Crippen LogP contribution >= 0.6 is 11.3 Å². The Balaban J connectivity index is 1.99. The van der Waals surface area contributed by atoms with Crippen molar-refractivity contribution in [2.45, 2.75) is 32.6 Å². The molecule has 2 rings (SSSR count). The van der Waals surface area contributed by atoms with E-state index < -0.39 is 0 Å². The number of hydrogen-bond acceptors (Lipinski definition) is 5. The maximum Gasteiger partial charge on any atom is 0.305 e. The van der Waals surface area contributed by atoms with Crippen molar-refractivity contribution in [3.8, 4) is 0 Å². The Morgan fingerprint density at radius 2 is 2.24 bits per heavy atom. The molecule has 0 aliphatic rings. The summed E-state index contributed by atoms with van der Waals surface area (Å²) >= 11 is 1.54. The molecule has 5 heteroatoms. The van der Waals surface area contributed by atoms with Crippen molar-refractivity contribution in [1.82, 2.24) is 4.98 Å². The predicted octanol–water partition coefficient (Wildman–Crippen LogP) is 4.12. The van der Waals surface area contributed by atoms with Crippen molar-refractivity contribution in [1.29, 1.82) is 0 Å². The van der Waals surface area contributed by atoms with Crippen molar-refractivity contribution >= 4 is 28.1 Å². The van der Waals surface area contributed by atoms with E-state index in [1.54, 1.807) is 11.3 Å². The molecule has 0 bridgehead atoms. The molecule has 0 atom stereocenters. The van der Waals surface area contributed by atoms with Gasteiger partial charge in [0.05, 0.1) is 19.2 Å². The number of methoxy groups -OCH3 is 1. The van der Waals surface area contributed by atoms with Gasteiger partial charge in [-0.1, -0.05) is 26.0 Å². The third-order valence-electron chi connectivity index (χ3n) is 3.17. The third-order valence-corrected chi connectivity index (χ3v) is 3.98. The zero-order valence-corrected chi connectivity index (χ0v) is 13.4. The molecule has 0 saturated heterocycles. The first-order chi connectivity index (χ1) is 10.1. The van der Waals surface area contributed by atoms with Crippen LogP contribution < -0.4 is 5.32 Å². The van der Waals surface area contributed by atoms with E-state index in [4.69, 9.17) is 0 Å². The number of rotatable bonds is 6. The van der Waals surface area contributed by atoms with E-state index in [2.05, 4.69) is 41.0 Å². The molecule has 1 aromatic carbocycles. The number of aryl methyl sites for hydroxylation is 1. The topological polar surface area (TPSA) is 51.2 Å². The van der Waals surface area contributed by atoms with Crippen molar-refractivity contribution in [3.63, 3.8) is 0 Å². The van der Waals surface area contributed by atoms with Crippen LogP contribution in [0.3, 0.4) is 0 Å². The van der Waals surface area contributed by atoms with Crippen molar-refractivity contribution in [2.75, 3.05) is 12.4 Å². The third kappa shape index (κ3) is 4.56. The molecule has 112 valence electrons. The first kappa shape index (κ1) is 15.5. The molecule has 0 fully saturated rings. The molecule has 0 spiro atoms. The molecule has 21 heavy (non-hydrogen) atoms. The number of aromatic nitrogens is 1. The van der Waals surface area contributed by atoms with Crippen molar-refractivity contribution in [3.05, 3.63) is 40.9 Å². The van der Waals surface area contributed by atoms with Gasteiger partial charge in [0.15, 0.2) is 5.13 Å². The van der Waals surface area contributed by atoms with E-state index in [1.165, 1.54) is 12.7 Å². The molecule has 0 aliphatic heterocycles. The Bertz CT molecular complexity index is 608. The van der Waals surface area contributed by atoms with E-state index in [-0.39, 0.29) is 5.97 Å². The maximum atomic E-state index is 11.1. The number of esters is 1. The molecule has 1 N–H and O–H groups in total. The smallest absolute Gasteiger partial charge is 0.305 e. The lowest BCUT2D eigenvalue weighted by atomic mass is 10.0. The lowest BCUT2D eigenvalue weighted by Gasteiger charge is -2.08. The van der Waals surface area contributed by atoms with Gasteiger partial charge in [0.1, 0.15) is 0 Å². The highest BCUT2D eigenvalue weighted by Gasteiger charge is 2.07. The SMILES string of the molecule is COC(=O)CCc1csc(Nc2cccc(C(C)C)c2)n1. The molecular formula is C16H20N2O2S. The van der Waals surface area contributed by atoms with E-state index in [0.717, 1.165) is 16.5 Å². The van der Waals surface area contributed by atoms with Gasteiger partial charge >= 0.3 is 5.97 Å². The lowest BCUT2D eigenvalue weighted by molar-refractivity contribution is -0.140. The Hall–Kier alpha value is -1.88. The standard InChI is InChI=1S/C16H20N2O2S/c1-11(2)12-5-4-6-13(9-12)17-16-18-14(10-21-16)7-8-15(19)20-3/h4-6,9-11H,7-8H2,1-3H3,(H,17,18). The Labute approximate surface area is 129 Å². The summed E-state index contributed by atoms with van der Waals surface area (Å²) in [7, 11) is 1.40. The summed E-state index contributed by atoms with van der Waals surface area (Å²) < 4.78 is 4.63. The van der Waals surface area contributed by atoms with Gasteiger partial charge in [-0.15, -0.1) is 11.3 Å². The molecule has 0 radical (unpaired) electrons. The Kier molecular flexibility index (Phi) is 5.33. The summed E-state index contributed by atoms with van der Waals surface area (Å²) in [5.74, 6) is 0.292. The van der Waals surface area contributed by atoms with Gasteiger partial charge < -0.3 is 10.1 Å². The second kappa shape index (κ2) is 7.22. The molecule has 4 nitrogen and oxygen atoms in total. The highest BCUT2D eigenvalue weighted by molar-refractivity contribution is 7.13. The zero-order valence-electron chi connectivity index (χ0n) is 12.6. The largest absolute Gasteiger partial charge is 0.469 e. The van der Waals surface area contributed by atoms with E-state index in [9.17, 15) is 4.79 Å². The second-order valence-electron chi connectivity index (χ2n) is 5.13. The first-order valence-corrected chi connectivity index (χ1v) is 7.84. The van der Waals surface area contributed by atoms with Crippen molar-refractivity contribution < 1.29 is 9.53 Å². The number of anilines is 2. The van der Waals surface area contributed by atoms with Crippen molar-refractivity contribution in [2.24, 2.45) is 0 Å². The van der Waals surface area contributed by atoms with Gasteiger partial charge in [0.2, 0.25) is 0 Å². The number of nitrogens with one attached hydrogen (secondary N) is 1. The fourth-order valence-corrected chi connectivity index (χ4v) is 2.68. The van der Waals surface area contributed by atoms with Crippen LogP contribution in [0, 0.1) is 0 Å². The molecule has 0 amide bonds. The minimum atomic E-state index is -0.206. The monoisotopic (exact) mass is 304 g/mol. The minimum Gasteiger partial charge on any atom is -0.469 e. The lowest BCUT2D eigenvalue weighted by Crippen LogP contribution is -2.02. The summed E-state index contributed by atoms with van der Waals surface area (Å²) in [6.07, 6.45) is 0.972. The fraction of sp³-hybridized carbons (Fsp3) is 0.375. The highest BCUT2D eigenvalue weighted by atomic mass is 32.1. The van der Waals surface area contributed by atoms with Crippen LogP contribution in [0.25, 0.3) is 0 Å². The normalized spacial score (nSPS) is 10.7. The number of thiazole rings is 1.